The maximum absolute atomic E-state index is 12.9. The highest BCUT2D eigenvalue weighted by Crippen LogP contribution is 2.40. The average molecular weight is 409 g/mol. The molecule has 1 amide bonds. The predicted molar refractivity (Wildman–Crippen MR) is 112 cm³/mol. The number of rotatable bonds is 6. The topological polar surface area (TPSA) is 104 Å². The second-order valence-electron chi connectivity index (χ2n) is 7.51. The van der Waals surface area contributed by atoms with Crippen LogP contribution in [0.15, 0.2) is 54.1 Å². The first-order valence-corrected chi connectivity index (χ1v) is 9.45. The van der Waals surface area contributed by atoms with Gasteiger partial charge < -0.3 is 14.9 Å². The van der Waals surface area contributed by atoms with Gasteiger partial charge in [-0.3, -0.25) is 19.7 Å². The number of nitro groups is 1. The summed E-state index contributed by atoms with van der Waals surface area (Å²) in [6.45, 7) is 2.62. The lowest BCUT2D eigenvalue weighted by atomic mass is 9.94. The van der Waals surface area contributed by atoms with Crippen LogP contribution >= 0.6 is 0 Å². The van der Waals surface area contributed by atoms with Crippen molar-refractivity contribution in [3.63, 3.8) is 0 Å². The number of ketones is 1. The maximum Gasteiger partial charge on any atom is 0.295 e. The van der Waals surface area contributed by atoms with Gasteiger partial charge in [-0.25, -0.2) is 0 Å². The Bertz CT molecular complexity index is 1030. The van der Waals surface area contributed by atoms with Crippen LogP contribution in [0.5, 0.6) is 0 Å². The summed E-state index contributed by atoms with van der Waals surface area (Å²) in [6.07, 6.45) is 0. The molecule has 1 saturated heterocycles. The number of aliphatic hydroxyl groups excluding tert-OH is 1. The summed E-state index contributed by atoms with van der Waals surface area (Å²) in [5.74, 6) is -1.83. The standard InChI is InChI=1S/C22H23N3O5/c1-14-7-9-15(10-8-14)20(26)18-19(16-5-4-6-17(13-16)25(29)30)24(12-11-23(2)3)22(28)21(18)27/h4-10,13,19,26H,11-12H2,1-3H3/b20-18+/t19-/m0/s1. The quantitative estimate of drug-likeness (QED) is 0.259. The predicted octanol–water partition coefficient (Wildman–Crippen LogP) is 2.89. The number of hydrogen-bond donors (Lipinski definition) is 1. The number of likely N-dealkylation sites (tertiary alicyclic amines) is 1. The lowest BCUT2D eigenvalue weighted by Gasteiger charge is -2.26. The maximum atomic E-state index is 12.9. The lowest BCUT2D eigenvalue weighted by Crippen LogP contribution is -2.35. The van der Waals surface area contributed by atoms with Gasteiger partial charge in [0.25, 0.3) is 17.4 Å². The zero-order valence-corrected chi connectivity index (χ0v) is 17.0. The van der Waals surface area contributed by atoms with E-state index in [-0.39, 0.29) is 23.6 Å². The number of carbonyl (C=O) groups is 2. The third-order valence-electron chi connectivity index (χ3n) is 5.05. The van der Waals surface area contributed by atoms with Crippen molar-refractivity contribution in [2.75, 3.05) is 27.2 Å². The Hall–Kier alpha value is -3.52. The average Bonchev–Trinajstić information content (AvgIpc) is 2.97. The van der Waals surface area contributed by atoms with Gasteiger partial charge in [0.05, 0.1) is 16.5 Å². The summed E-state index contributed by atoms with van der Waals surface area (Å²) < 4.78 is 0. The molecule has 0 bridgehead atoms. The van der Waals surface area contributed by atoms with Crippen LogP contribution in [0, 0.1) is 17.0 Å². The smallest absolute Gasteiger partial charge is 0.295 e. The zero-order valence-electron chi connectivity index (χ0n) is 17.0. The van der Waals surface area contributed by atoms with E-state index in [0.717, 1.165) is 5.56 Å². The first-order chi connectivity index (χ1) is 14.2. The van der Waals surface area contributed by atoms with Crippen LogP contribution in [0.1, 0.15) is 22.7 Å². The largest absolute Gasteiger partial charge is 0.507 e. The van der Waals surface area contributed by atoms with Crippen LogP contribution in [0.3, 0.4) is 0 Å². The van der Waals surface area contributed by atoms with Crippen molar-refractivity contribution >= 4 is 23.1 Å². The number of benzene rings is 2. The summed E-state index contributed by atoms with van der Waals surface area (Å²) in [5.41, 5.74) is 1.56. The Balaban J connectivity index is 2.17. The van der Waals surface area contributed by atoms with Crippen LogP contribution in [0.2, 0.25) is 0 Å². The van der Waals surface area contributed by atoms with Crippen molar-refractivity contribution < 1.29 is 19.6 Å². The van der Waals surface area contributed by atoms with E-state index in [1.54, 1.807) is 30.3 Å². The fourth-order valence-electron chi connectivity index (χ4n) is 3.44. The first kappa shape index (κ1) is 21.2. The molecule has 1 heterocycles. The Kier molecular flexibility index (Phi) is 5.98. The second kappa shape index (κ2) is 8.46. The van der Waals surface area contributed by atoms with Gasteiger partial charge in [-0.05, 0) is 26.6 Å². The van der Waals surface area contributed by atoms with E-state index >= 15 is 0 Å². The molecule has 0 unspecified atom stereocenters. The van der Waals surface area contributed by atoms with Crippen molar-refractivity contribution in [2.24, 2.45) is 0 Å². The molecule has 1 atom stereocenters. The molecule has 2 aromatic carbocycles. The third kappa shape index (κ3) is 4.08. The van der Waals surface area contributed by atoms with E-state index in [2.05, 4.69) is 0 Å². The summed E-state index contributed by atoms with van der Waals surface area (Å²) >= 11 is 0. The van der Waals surface area contributed by atoms with E-state index < -0.39 is 22.7 Å². The highest BCUT2D eigenvalue weighted by molar-refractivity contribution is 6.46. The van der Waals surface area contributed by atoms with Crippen molar-refractivity contribution in [1.82, 2.24) is 9.80 Å². The highest BCUT2D eigenvalue weighted by Gasteiger charge is 2.46. The van der Waals surface area contributed by atoms with Gasteiger partial charge >= 0.3 is 0 Å². The molecule has 0 radical (unpaired) electrons. The molecular formula is C22H23N3O5. The van der Waals surface area contributed by atoms with Crippen LogP contribution < -0.4 is 0 Å². The molecule has 0 aromatic heterocycles. The molecule has 3 rings (SSSR count). The van der Waals surface area contributed by atoms with Crippen molar-refractivity contribution in [2.45, 2.75) is 13.0 Å². The van der Waals surface area contributed by atoms with Crippen molar-refractivity contribution in [3.05, 3.63) is 80.9 Å². The lowest BCUT2D eigenvalue weighted by molar-refractivity contribution is -0.384. The van der Waals surface area contributed by atoms with Gasteiger partial charge in [0.1, 0.15) is 5.76 Å². The molecule has 0 aliphatic carbocycles. The Morgan fingerprint density at radius 2 is 1.83 bits per heavy atom. The van der Waals surface area contributed by atoms with Gasteiger partial charge in [0.2, 0.25) is 0 Å². The second-order valence-corrected chi connectivity index (χ2v) is 7.51. The molecule has 1 N–H and O–H groups in total. The number of amides is 1. The van der Waals surface area contributed by atoms with Gasteiger partial charge in [-0.2, -0.15) is 0 Å². The Labute approximate surface area is 174 Å². The summed E-state index contributed by atoms with van der Waals surface area (Å²) in [7, 11) is 3.68. The number of aryl methyl sites for hydroxylation is 1. The van der Waals surface area contributed by atoms with Gasteiger partial charge in [0.15, 0.2) is 0 Å². The van der Waals surface area contributed by atoms with E-state index in [9.17, 15) is 24.8 Å². The fraction of sp³-hybridized carbons (Fsp3) is 0.273. The molecule has 2 aromatic rings. The molecular weight excluding hydrogens is 386 g/mol. The molecule has 8 heteroatoms. The minimum atomic E-state index is -0.911. The number of aliphatic hydroxyl groups is 1. The van der Waals surface area contributed by atoms with E-state index in [4.69, 9.17) is 0 Å². The summed E-state index contributed by atoms with van der Waals surface area (Å²) in [4.78, 5) is 39.6. The monoisotopic (exact) mass is 409 g/mol. The Morgan fingerprint density at radius 3 is 2.43 bits per heavy atom. The number of carbonyl (C=O) groups excluding carboxylic acids is 2. The van der Waals surface area contributed by atoms with Crippen molar-refractivity contribution in [1.29, 1.82) is 0 Å². The fourth-order valence-corrected chi connectivity index (χ4v) is 3.44. The summed E-state index contributed by atoms with van der Waals surface area (Å²) in [5, 5.41) is 22.2. The summed E-state index contributed by atoms with van der Waals surface area (Å²) in [6, 6.07) is 11.8. The minimum absolute atomic E-state index is 0.0666. The number of nitrogens with zero attached hydrogens (tertiary/aromatic N) is 3. The SMILES string of the molecule is Cc1ccc(/C(O)=C2\C(=O)C(=O)N(CCN(C)C)[C@H]2c2cccc([N+](=O)[O-])c2)cc1. The van der Waals surface area contributed by atoms with Gasteiger partial charge in [-0.15, -0.1) is 0 Å². The molecule has 0 spiro atoms. The first-order valence-electron chi connectivity index (χ1n) is 9.45. The van der Waals surface area contributed by atoms with Crippen molar-refractivity contribution in [3.8, 4) is 0 Å². The van der Waals surface area contributed by atoms with Crippen LogP contribution in [-0.4, -0.2) is 58.7 Å². The molecule has 1 aliphatic heterocycles. The van der Waals surface area contributed by atoms with E-state index in [1.807, 2.05) is 25.9 Å². The molecule has 156 valence electrons. The number of non-ortho nitro benzene ring substituents is 1. The molecule has 1 aliphatic rings. The number of hydrogen-bond acceptors (Lipinski definition) is 6. The number of likely N-dealkylation sites (N-methyl/N-ethyl adjacent to an activating group) is 1. The van der Waals surface area contributed by atoms with E-state index in [0.29, 0.717) is 17.7 Å². The van der Waals surface area contributed by atoms with Crippen LogP contribution in [0.4, 0.5) is 5.69 Å². The Morgan fingerprint density at radius 1 is 1.17 bits per heavy atom. The normalized spacial score (nSPS) is 18.3. The molecule has 8 nitrogen and oxygen atoms in total. The molecule has 0 saturated carbocycles. The zero-order chi connectivity index (χ0) is 22.0. The number of Topliss-reactive ketones (excluding diaryl/α,β-unsaturated/α-hetero) is 1. The minimum Gasteiger partial charge on any atom is -0.507 e. The van der Waals surface area contributed by atoms with Gasteiger partial charge in [0, 0.05) is 30.8 Å². The molecule has 1 fully saturated rings. The van der Waals surface area contributed by atoms with E-state index in [1.165, 1.54) is 23.1 Å². The van der Waals surface area contributed by atoms with Gasteiger partial charge in [-0.1, -0.05) is 42.0 Å². The number of nitro benzene ring substituents is 1. The highest BCUT2D eigenvalue weighted by atomic mass is 16.6. The van der Waals surface area contributed by atoms with Crippen LogP contribution in [0.25, 0.3) is 5.76 Å². The molecule has 30 heavy (non-hydrogen) atoms. The third-order valence-corrected chi connectivity index (χ3v) is 5.05. The van der Waals surface area contributed by atoms with Crippen LogP contribution in [-0.2, 0) is 9.59 Å².